The largest absolute Gasteiger partial charge is 0.507 e. The number of aliphatic hydroxyl groups excluding tert-OH is 1. The highest BCUT2D eigenvalue weighted by molar-refractivity contribution is 7.10. The molecule has 1 unspecified atom stereocenters. The van der Waals surface area contributed by atoms with Crippen LogP contribution in [0.5, 0.6) is 11.5 Å². The minimum atomic E-state index is -0.733. The number of rotatable bonds is 4. The Morgan fingerprint density at radius 3 is 2.64 bits per heavy atom. The molecule has 7 nitrogen and oxygen atoms in total. The van der Waals surface area contributed by atoms with Gasteiger partial charge in [-0.25, -0.2) is 0 Å². The SMILES string of the molecule is COc1ccc(N2C(=O)C(=O)/C(=C(\O)c3ccc4c(c3)N(C)CCO4)C2c2cccs2)cc1. The number of anilines is 2. The normalized spacial score (nSPS) is 19.4. The Labute approximate surface area is 195 Å². The van der Waals surface area contributed by atoms with Crippen molar-refractivity contribution in [1.29, 1.82) is 0 Å². The molecule has 0 radical (unpaired) electrons. The van der Waals surface area contributed by atoms with Crippen LogP contribution in [0.1, 0.15) is 16.5 Å². The summed E-state index contributed by atoms with van der Waals surface area (Å²) in [6.07, 6.45) is 0. The first kappa shape index (κ1) is 21.1. The number of likely N-dealkylation sites (N-methyl/N-ethyl adjacent to an activating group) is 1. The van der Waals surface area contributed by atoms with Crippen LogP contribution in [-0.2, 0) is 9.59 Å². The molecule has 5 rings (SSSR count). The van der Waals surface area contributed by atoms with Crippen LogP contribution in [0.2, 0.25) is 0 Å². The topological polar surface area (TPSA) is 79.3 Å². The van der Waals surface area contributed by atoms with Gasteiger partial charge in [0, 0.05) is 23.2 Å². The number of Topliss-reactive ketones (excluding diaryl/α,β-unsaturated/α-hetero) is 1. The summed E-state index contributed by atoms with van der Waals surface area (Å²) in [5, 5.41) is 13.2. The number of aliphatic hydroxyl groups is 1. The molecule has 168 valence electrons. The third-order valence-corrected chi connectivity index (χ3v) is 6.86. The fraction of sp³-hybridized carbons (Fsp3) is 0.200. The van der Waals surface area contributed by atoms with Gasteiger partial charge in [-0.2, -0.15) is 0 Å². The first-order chi connectivity index (χ1) is 16.0. The van der Waals surface area contributed by atoms with E-state index >= 15 is 0 Å². The van der Waals surface area contributed by atoms with Crippen molar-refractivity contribution in [3.63, 3.8) is 0 Å². The molecule has 2 aliphatic heterocycles. The van der Waals surface area contributed by atoms with Crippen LogP contribution < -0.4 is 19.3 Å². The molecule has 2 aliphatic rings. The maximum atomic E-state index is 13.2. The number of hydrogen-bond acceptors (Lipinski definition) is 7. The lowest BCUT2D eigenvalue weighted by molar-refractivity contribution is -0.132. The van der Waals surface area contributed by atoms with E-state index in [0.29, 0.717) is 35.9 Å². The molecule has 3 heterocycles. The third-order valence-electron chi connectivity index (χ3n) is 5.94. The van der Waals surface area contributed by atoms with Crippen LogP contribution in [0.4, 0.5) is 11.4 Å². The second-order valence-corrected chi connectivity index (χ2v) is 8.81. The van der Waals surface area contributed by atoms with E-state index < -0.39 is 17.7 Å². The number of benzene rings is 2. The standard InChI is InChI=1S/C25H22N2O5S/c1-26-11-12-32-19-10-5-15(14-18(19)26)23(28)21-22(20-4-3-13-33-20)27(25(30)24(21)29)16-6-8-17(31-2)9-7-16/h3-10,13-14,22,28H,11-12H2,1-2H3/b23-21-. The maximum Gasteiger partial charge on any atom is 0.300 e. The number of fused-ring (bicyclic) bond motifs is 1. The van der Waals surface area contributed by atoms with Gasteiger partial charge >= 0.3 is 0 Å². The number of ketones is 1. The van der Waals surface area contributed by atoms with Crippen LogP contribution in [-0.4, -0.2) is 44.1 Å². The Kier molecular flexibility index (Phi) is 5.30. The van der Waals surface area contributed by atoms with Crippen LogP contribution in [0.3, 0.4) is 0 Å². The fourth-order valence-electron chi connectivity index (χ4n) is 4.21. The maximum absolute atomic E-state index is 13.2. The molecule has 1 atom stereocenters. The lowest BCUT2D eigenvalue weighted by Gasteiger charge is -2.28. The monoisotopic (exact) mass is 462 g/mol. The molecule has 1 N–H and O–H groups in total. The lowest BCUT2D eigenvalue weighted by Crippen LogP contribution is -2.29. The zero-order chi connectivity index (χ0) is 23.1. The van der Waals surface area contributed by atoms with Gasteiger partial charge in [-0.15, -0.1) is 11.3 Å². The molecule has 0 spiro atoms. The smallest absolute Gasteiger partial charge is 0.300 e. The Morgan fingerprint density at radius 2 is 1.94 bits per heavy atom. The minimum absolute atomic E-state index is 0.0672. The van der Waals surface area contributed by atoms with Crippen molar-refractivity contribution in [2.24, 2.45) is 0 Å². The van der Waals surface area contributed by atoms with Crippen LogP contribution >= 0.6 is 11.3 Å². The summed E-state index contributed by atoms with van der Waals surface area (Å²) < 4.78 is 10.9. The van der Waals surface area contributed by atoms with Gasteiger partial charge in [0.15, 0.2) is 0 Å². The molecule has 8 heteroatoms. The van der Waals surface area contributed by atoms with E-state index in [1.165, 1.54) is 16.2 Å². The third kappa shape index (κ3) is 3.52. The second kappa shape index (κ2) is 8.29. The summed E-state index contributed by atoms with van der Waals surface area (Å²) in [4.78, 5) is 30.6. The zero-order valence-electron chi connectivity index (χ0n) is 18.1. The van der Waals surface area contributed by atoms with Gasteiger partial charge in [0.1, 0.15) is 29.9 Å². The summed E-state index contributed by atoms with van der Waals surface area (Å²) in [7, 11) is 3.51. The average Bonchev–Trinajstić information content (AvgIpc) is 3.46. The van der Waals surface area contributed by atoms with Gasteiger partial charge in [-0.1, -0.05) is 6.07 Å². The number of nitrogens with zero attached hydrogens (tertiary/aromatic N) is 2. The highest BCUT2D eigenvalue weighted by atomic mass is 32.1. The number of ether oxygens (including phenoxy) is 2. The molecule has 0 bridgehead atoms. The summed E-state index contributed by atoms with van der Waals surface area (Å²) in [6, 6.07) is 15.2. The molecule has 0 saturated carbocycles. The zero-order valence-corrected chi connectivity index (χ0v) is 19.0. The summed E-state index contributed by atoms with van der Waals surface area (Å²) in [6.45, 7) is 1.30. The van der Waals surface area contributed by atoms with Gasteiger partial charge in [-0.3, -0.25) is 14.5 Å². The number of methoxy groups -OCH3 is 1. The van der Waals surface area contributed by atoms with Crippen molar-refractivity contribution in [2.45, 2.75) is 6.04 Å². The first-order valence-corrected chi connectivity index (χ1v) is 11.3. The summed E-state index contributed by atoms with van der Waals surface area (Å²) in [5.41, 5.74) is 1.90. The van der Waals surface area contributed by atoms with Gasteiger partial charge in [0.2, 0.25) is 0 Å². The molecular formula is C25H22N2O5S. The van der Waals surface area contributed by atoms with E-state index in [2.05, 4.69) is 0 Å². The van der Waals surface area contributed by atoms with Gasteiger partial charge in [0.25, 0.3) is 11.7 Å². The molecule has 1 amide bonds. The van der Waals surface area contributed by atoms with E-state index in [0.717, 1.165) is 10.6 Å². The van der Waals surface area contributed by atoms with E-state index in [-0.39, 0.29) is 11.3 Å². The number of carbonyl (C=O) groups is 2. The molecule has 1 aromatic heterocycles. The van der Waals surface area contributed by atoms with Crippen LogP contribution in [0.25, 0.3) is 5.76 Å². The number of hydrogen-bond donors (Lipinski definition) is 1. The number of thiophene rings is 1. The Bertz CT molecular complexity index is 1250. The van der Waals surface area contributed by atoms with Crippen LogP contribution in [0.15, 0.2) is 65.6 Å². The number of carbonyl (C=O) groups excluding carboxylic acids is 2. The van der Waals surface area contributed by atoms with Crippen molar-refractivity contribution >= 4 is 40.2 Å². The predicted octanol–water partition coefficient (Wildman–Crippen LogP) is 4.21. The van der Waals surface area contributed by atoms with E-state index in [1.54, 1.807) is 49.6 Å². The van der Waals surface area contributed by atoms with Crippen molar-refractivity contribution in [3.8, 4) is 11.5 Å². The van der Waals surface area contributed by atoms with E-state index in [4.69, 9.17) is 9.47 Å². The average molecular weight is 463 g/mol. The molecule has 1 saturated heterocycles. The highest BCUT2D eigenvalue weighted by Crippen LogP contribution is 2.44. The molecule has 0 aliphatic carbocycles. The minimum Gasteiger partial charge on any atom is -0.507 e. The predicted molar refractivity (Wildman–Crippen MR) is 127 cm³/mol. The Balaban J connectivity index is 1.65. The van der Waals surface area contributed by atoms with Crippen molar-refractivity contribution < 1.29 is 24.2 Å². The molecule has 2 aromatic carbocycles. The van der Waals surface area contributed by atoms with Gasteiger partial charge in [0.05, 0.1) is 24.9 Å². The second-order valence-electron chi connectivity index (χ2n) is 7.84. The van der Waals surface area contributed by atoms with Crippen molar-refractivity contribution in [2.75, 3.05) is 37.1 Å². The Morgan fingerprint density at radius 1 is 1.15 bits per heavy atom. The Hall–Kier alpha value is -3.78. The highest BCUT2D eigenvalue weighted by Gasteiger charge is 2.47. The summed E-state index contributed by atoms with van der Waals surface area (Å²) >= 11 is 1.43. The van der Waals surface area contributed by atoms with Gasteiger partial charge < -0.3 is 19.5 Å². The molecule has 3 aromatic rings. The molecular weight excluding hydrogens is 440 g/mol. The first-order valence-electron chi connectivity index (χ1n) is 10.5. The number of amides is 1. The van der Waals surface area contributed by atoms with Crippen molar-refractivity contribution in [3.05, 3.63) is 76.0 Å². The quantitative estimate of drug-likeness (QED) is 0.356. The van der Waals surface area contributed by atoms with E-state index in [1.807, 2.05) is 29.5 Å². The van der Waals surface area contributed by atoms with E-state index in [9.17, 15) is 14.7 Å². The van der Waals surface area contributed by atoms with Gasteiger partial charge in [-0.05, 0) is 53.9 Å². The molecule has 1 fully saturated rings. The fourth-order valence-corrected chi connectivity index (χ4v) is 5.03. The molecule has 33 heavy (non-hydrogen) atoms. The summed E-state index contributed by atoms with van der Waals surface area (Å²) in [5.74, 6) is -0.246. The van der Waals surface area contributed by atoms with Crippen LogP contribution in [0, 0.1) is 0 Å². The lowest BCUT2D eigenvalue weighted by atomic mass is 9.99. The van der Waals surface area contributed by atoms with Crippen molar-refractivity contribution in [1.82, 2.24) is 0 Å².